The van der Waals surface area contributed by atoms with Gasteiger partial charge < -0.3 is 24.7 Å². The minimum atomic E-state index is 0.287. The van der Waals surface area contributed by atoms with Crippen molar-refractivity contribution in [2.45, 2.75) is 43.9 Å². The number of aromatic nitrogens is 6. The number of hydrogen-bond acceptors (Lipinski definition) is 8. The summed E-state index contributed by atoms with van der Waals surface area (Å²) in [5, 5.41) is 8.05. The van der Waals surface area contributed by atoms with Crippen LogP contribution in [-0.4, -0.2) is 62.0 Å². The molecule has 2 saturated heterocycles. The second-order valence-corrected chi connectivity index (χ2v) is 8.85. The Bertz CT molecular complexity index is 1330. The highest BCUT2D eigenvalue weighted by molar-refractivity contribution is 5.81. The first kappa shape index (κ1) is 18.2. The zero-order chi connectivity index (χ0) is 21.2. The lowest BCUT2D eigenvalue weighted by atomic mass is 10.2. The Labute approximate surface area is 184 Å². The molecule has 0 unspecified atom stereocenters. The van der Waals surface area contributed by atoms with Gasteiger partial charge in [0.2, 0.25) is 11.9 Å². The predicted octanol–water partition coefficient (Wildman–Crippen LogP) is 2.48. The fourth-order valence-corrected chi connectivity index (χ4v) is 4.92. The lowest BCUT2D eigenvalue weighted by Crippen LogP contribution is -2.38. The Morgan fingerprint density at radius 1 is 1.25 bits per heavy atom. The first-order valence-electron chi connectivity index (χ1n) is 11.2. The minimum absolute atomic E-state index is 0.287. The summed E-state index contributed by atoms with van der Waals surface area (Å²) in [6, 6.07) is 6.21. The van der Waals surface area contributed by atoms with Gasteiger partial charge >= 0.3 is 0 Å². The van der Waals surface area contributed by atoms with Crippen LogP contribution < -0.4 is 15.0 Å². The van der Waals surface area contributed by atoms with Crippen molar-refractivity contribution in [1.29, 1.82) is 0 Å². The summed E-state index contributed by atoms with van der Waals surface area (Å²) in [6.45, 7) is 2.07. The van der Waals surface area contributed by atoms with Crippen LogP contribution in [0.2, 0.25) is 0 Å². The van der Waals surface area contributed by atoms with Crippen LogP contribution in [0.1, 0.15) is 36.6 Å². The molecule has 164 valence electrons. The molecule has 4 aromatic rings. The van der Waals surface area contributed by atoms with E-state index < -0.39 is 0 Å². The molecule has 1 aliphatic carbocycles. The van der Waals surface area contributed by atoms with E-state index in [2.05, 4.69) is 20.3 Å². The Morgan fingerprint density at radius 3 is 2.97 bits per heavy atom. The van der Waals surface area contributed by atoms with Gasteiger partial charge in [0.15, 0.2) is 5.65 Å². The number of benzene rings is 1. The van der Waals surface area contributed by atoms with Crippen molar-refractivity contribution in [3.8, 4) is 5.75 Å². The first-order valence-corrected chi connectivity index (χ1v) is 11.2. The van der Waals surface area contributed by atoms with Crippen molar-refractivity contribution in [2.75, 3.05) is 30.5 Å². The van der Waals surface area contributed by atoms with Crippen LogP contribution in [0.25, 0.3) is 16.7 Å². The van der Waals surface area contributed by atoms with Gasteiger partial charge in [0.05, 0.1) is 44.1 Å². The first-order chi connectivity index (χ1) is 15.8. The standard InChI is InChI=1S/C22H24N8O2/c1-31-17-4-2-3-16-19(17)26-18(25-16)9-23-21-28-22(29-10-14-7-13(29)11-32-14)27-20-15(12-5-6-12)8-24-30(20)21/h2-4,8,12-14H,5-7,9-11H2,1H3,(H,25,26)(H,23,27,28)/t13-,14-/m1/s1. The van der Waals surface area contributed by atoms with Gasteiger partial charge in [-0.3, -0.25) is 0 Å². The van der Waals surface area contributed by atoms with E-state index in [0.717, 1.165) is 53.8 Å². The monoisotopic (exact) mass is 432 g/mol. The number of rotatable bonds is 6. The van der Waals surface area contributed by atoms with Gasteiger partial charge in [-0.2, -0.15) is 19.6 Å². The summed E-state index contributed by atoms with van der Waals surface area (Å²) in [4.78, 5) is 20.2. The molecule has 5 heterocycles. The molecule has 3 aliphatic rings. The second kappa shape index (κ2) is 6.80. The van der Waals surface area contributed by atoms with Crippen LogP contribution >= 0.6 is 0 Å². The highest BCUT2D eigenvalue weighted by Crippen LogP contribution is 2.42. The molecule has 10 nitrogen and oxygen atoms in total. The van der Waals surface area contributed by atoms with Crippen LogP contribution in [-0.2, 0) is 11.3 Å². The fourth-order valence-electron chi connectivity index (χ4n) is 4.92. The predicted molar refractivity (Wildman–Crippen MR) is 118 cm³/mol. The molecular formula is C22H24N8O2. The highest BCUT2D eigenvalue weighted by Gasteiger charge is 2.41. The molecule has 32 heavy (non-hydrogen) atoms. The molecule has 2 bridgehead atoms. The summed E-state index contributed by atoms with van der Waals surface area (Å²) >= 11 is 0. The number of aromatic amines is 1. The maximum Gasteiger partial charge on any atom is 0.231 e. The Balaban J connectivity index is 1.25. The molecule has 0 spiro atoms. The summed E-state index contributed by atoms with van der Waals surface area (Å²) in [5.41, 5.74) is 3.88. The molecule has 2 N–H and O–H groups in total. The zero-order valence-corrected chi connectivity index (χ0v) is 17.8. The molecule has 0 radical (unpaired) electrons. The third-order valence-electron chi connectivity index (χ3n) is 6.72. The number of methoxy groups -OCH3 is 1. The number of fused-ring (bicyclic) bond motifs is 4. The molecule has 3 aromatic heterocycles. The third kappa shape index (κ3) is 2.82. The van der Waals surface area contributed by atoms with Gasteiger partial charge in [-0.25, -0.2) is 4.98 Å². The number of nitrogens with zero attached hydrogens (tertiary/aromatic N) is 6. The number of H-pyrrole nitrogens is 1. The van der Waals surface area contributed by atoms with E-state index in [1.807, 2.05) is 28.9 Å². The van der Waals surface area contributed by atoms with Gasteiger partial charge in [0.25, 0.3) is 0 Å². The van der Waals surface area contributed by atoms with Gasteiger partial charge in [0.1, 0.15) is 17.1 Å². The van der Waals surface area contributed by atoms with E-state index in [4.69, 9.17) is 24.4 Å². The highest BCUT2D eigenvalue weighted by atomic mass is 16.5. The molecule has 2 atom stereocenters. The van der Waals surface area contributed by atoms with Crippen molar-refractivity contribution >= 4 is 28.6 Å². The van der Waals surface area contributed by atoms with Gasteiger partial charge in [0, 0.05) is 12.1 Å². The SMILES string of the molecule is COc1cccc2[nH]c(CNc3nc(N4C[C@H]5C[C@@H]4CO5)nc4c(C5CC5)cnn34)nc12. The number of ether oxygens (including phenoxy) is 2. The van der Waals surface area contributed by atoms with Gasteiger partial charge in [-0.1, -0.05) is 6.07 Å². The van der Waals surface area contributed by atoms with E-state index in [9.17, 15) is 0 Å². The van der Waals surface area contributed by atoms with E-state index in [-0.39, 0.29) is 6.10 Å². The van der Waals surface area contributed by atoms with Crippen molar-refractivity contribution in [2.24, 2.45) is 0 Å². The topological polar surface area (TPSA) is 105 Å². The maximum atomic E-state index is 5.78. The molecule has 10 heteroatoms. The largest absolute Gasteiger partial charge is 0.494 e. The van der Waals surface area contributed by atoms with Crippen LogP contribution in [0.3, 0.4) is 0 Å². The van der Waals surface area contributed by atoms with Crippen LogP contribution in [0.4, 0.5) is 11.9 Å². The summed E-state index contributed by atoms with van der Waals surface area (Å²) in [5.74, 6) is 3.55. The Kier molecular flexibility index (Phi) is 3.87. The smallest absolute Gasteiger partial charge is 0.231 e. The molecule has 7 rings (SSSR count). The lowest BCUT2D eigenvalue weighted by molar-refractivity contribution is 0.0986. The molecular weight excluding hydrogens is 408 g/mol. The Hall–Kier alpha value is -3.40. The average molecular weight is 432 g/mol. The number of hydrogen-bond donors (Lipinski definition) is 2. The third-order valence-corrected chi connectivity index (χ3v) is 6.72. The Morgan fingerprint density at radius 2 is 2.19 bits per heavy atom. The number of para-hydroxylation sites is 1. The van der Waals surface area contributed by atoms with E-state index in [1.54, 1.807) is 7.11 Å². The quantitative estimate of drug-likeness (QED) is 0.479. The van der Waals surface area contributed by atoms with E-state index in [1.165, 1.54) is 18.4 Å². The molecule has 1 saturated carbocycles. The molecule has 0 amide bonds. The average Bonchev–Trinajstić information content (AvgIpc) is 3.19. The minimum Gasteiger partial charge on any atom is -0.494 e. The van der Waals surface area contributed by atoms with Crippen LogP contribution in [0.15, 0.2) is 24.4 Å². The summed E-state index contributed by atoms with van der Waals surface area (Å²) < 4.78 is 13.0. The molecule has 3 fully saturated rings. The van der Waals surface area contributed by atoms with Crippen LogP contribution in [0.5, 0.6) is 5.75 Å². The normalized spacial score (nSPS) is 22.3. The molecule has 2 aliphatic heterocycles. The van der Waals surface area contributed by atoms with Crippen molar-refractivity contribution in [3.63, 3.8) is 0 Å². The fraction of sp³-hybridized carbons (Fsp3) is 0.455. The second-order valence-electron chi connectivity index (χ2n) is 8.85. The van der Waals surface area contributed by atoms with Crippen molar-refractivity contribution in [1.82, 2.24) is 29.5 Å². The van der Waals surface area contributed by atoms with Gasteiger partial charge in [-0.15, -0.1) is 0 Å². The number of morpholine rings is 1. The summed E-state index contributed by atoms with van der Waals surface area (Å²) in [6.07, 6.45) is 5.68. The van der Waals surface area contributed by atoms with E-state index >= 15 is 0 Å². The number of imidazole rings is 1. The number of anilines is 2. The van der Waals surface area contributed by atoms with Crippen LogP contribution in [0, 0.1) is 0 Å². The lowest BCUT2D eigenvalue weighted by Gasteiger charge is -2.27. The zero-order valence-electron chi connectivity index (χ0n) is 17.8. The number of nitrogens with one attached hydrogen (secondary N) is 2. The van der Waals surface area contributed by atoms with Gasteiger partial charge in [-0.05, 0) is 37.3 Å². The molecule has 1 aromatic carbocycles. The van der Waals surface area contributed by atoms with Crippen molar-refractivity contribution in [3.05, 3.63) is 35.8 Å². The maximum absolute atomic E-state index is 5.78. The van der Waals surface area contributed by atoms with E-state index in [0.29, 0.717) is 24.5 Å². The van der Waals surface area contributed by atoms with Crippen molar-refractivity contribution < 1.29 is 9.47 Å². The summed E-state index contributed by atoms with van der Waals surface area (Å²) in [7, 11) is 1.66.